The lowest BCUT2D eigenvalue weighted by Gasteiger charge is -2.08. The summed E-state index contributed by atoms with van der Waals surface area (Å²) >= 11 is 11.5. The third-order valence-corrected chi connectivity index (χ3v) is 3.22. The van der Waals surface area contributed by atoms with Crippen LogP contribution in [0.25, 0.3) is 0 Å². The van der Waals surface area contributed by atoms with Gasteiger partial charge in [-0.25, -0.2) is 4.98 Å². The minimum Gasteiger partial charge on any atom is -0.398 e. The van der Waals surface area contributed by atoms with Gasteiger partial charge in [0.05, 0.1) is 0 Å². The lowest BCUT2D eigenvalue weighted by atomic mass is 10.1. The summed E-state index contributed by atoms with van der Waals surface area (Å²) in [6.45, 7) is 0.291. The number of hydrogen-bond donors (Lipinski definition) is 3. The van der Waals surface area contributed by atoms with Crippen molar-refractivity contribution in [2.75, 3.05) is 5.73 Å². The van der Waals surface area contributed by atoms with Gasteiger partial charge in [0.15, 0.2) is 0 Å². The first-order valence-electron chi connectivity index (χ1n) is 6.00. The largest absolute Gasteiger partial charge is 0.398 e. The summed E-state index contributed by atoms with van der Waals surface area (Å²) in [5.41, 5.74) is 6.82. The fraction of sp³-hybridized carbons (Fsp3) is 0.0714. The molecule has 0 atom stereocenters. The van der Waals surface area contributed by atoms with Crippen LogP contribution in [0.5, 0.6) is 0 Å². The van der Waals surface area contributed by atoms with Crippen molar-refractivity contribution in [3.63, 3.8) is 0 Å². The fourth-order valence-corrected chi connectivity index (χ4v) is 1.94. The Bertz CT molecular complexity index is 686. The van der Waals surface area contributed by atoms with Crippen LogP contribution < -0.4 is 11.1 Å². The van der Waals surface area contributed by atoms with Crippen LogP contribution in [0.1, 0.15) is 11.1 Å². The number of rotatable bonds is 4. The predicted molar refractivity (Wildman–Crippen MR) is 83.8 cm³/mol. The molecule has 2 rings (SSSR count). The van der Waals surface area contributed by atoms with Crippen LogP contribution in [0, 0.1) is 5.41 Å². The molecule has 1 heterocycles. The van der Waals surface area contributed by atoms with E-state index in [4.69, 9.17) is 34.3 Å². The van der Waals surface area contributed by atoms with Gasteiger partial charge >= 0.3 is 0 Å². The van der Waals surface area contributed by atoms with Gasteiger partial charge in [-0.15, -0.1) is 0 Å². The molecule has 0 bridgehead atoms. The van der Waals surface area contributed by atoms with Crippen LogP contribution in [-0.4, -0.2) is 16.6 Å². The van der Waals surface area contributed by atoms with Gasteiger partial charge in [-0.3, -0.25) is 10.2 Å². The van der Waals surface area contributed by atoms with Crippen LogP contribution in [0.3, 0.4) is 0 Å². The number of pyridine rings is 1. The Hall–Kier alpha value is -2.11. The predicted octanol–water partition coefficient (Wildman–Crippen LogP) is 2.65. The number of nitrogens with two attached hydrogens (primary N) is 1. The molecule has 0 radical (unpaired) electrons. The topological polar surface area (TPSA) is 91.9 Å². The third-order valence-electron chi connectivity index (χ3n) is 2.77. The van der Waals surface area contributed by atoms with Crippen LogP contribution in [0.15, 0.2) is 36.5 Å². The first-order valence-corrected chi connectivity index (χ1v) is 6.75. The molecule has 0 saturated heterocycles. The molecule has 0 aliphatic rings. The summed E-state index contributed by atoms with van der Waals surface area (Å²) in [5, 5.41) is 11.3. The molecule has 1 aromatic heterocycles. The molecule has 0 aliphatic carbocycles. The average molecular weight is 323 g/mol. The van der Waals surface area contributed by atoms with E-state index in [0.29, 0.717) is 11.6 Å². The van der Waals surface area contributed by atoms with Gasteiger partial charge in [-0.1, -0.05) is 35.3 Å². The monoisotopic (exact) mass is 322 g/mol. The highest BCUT2D eigenvalue weighted by Crippen LogP contribution is 2.15. The Morgan fingerprint density at radius 1 is 1.29 bits per heavy atom. The van der Waals surface area contributed by atoms with Crippen LogP contribution in [-0.2, 0) is 11.3 Å². The highest BCUT2D eigenvalue weighted by Gasteiger charge is 2.15. The third kappa shape index (κ3) is 3.93. The van der Waals surface area contributed by atoms with E-state index in [9.17, 15) is 4.79 Å². The number of halogens is 2. The number of carbonyl (C=O) groups excluding carboxylic acids is 1. The number of aromatic nitrogens is 1. The fourth-order valence-electron chi connectivity index (χ4n) is 1.65. The molecule has 1 amide bonds. The first-order chi connectivity index (χ1) is 9.97. The van der Waals surface area contributed by atoms with Gasteiger partial charge in [-0.05, 0) is 23.8 Å². The van der Waals surface area contributed by atoms with Gasteiger partial charge in [0.2, 0.25) is 0 Å². The van der Waals surface area contributed by atoms with E-state index in [1.807, 2.05) is 0 Å². The normalized spacial score (nSPS) is 10.2. The minimum atomic E-state index is -0.541. The Labute approximate surface area is 131 Å². The van der Waals surface area contributed by atoms with Crippen LogP contribution >= 0.6 is 23.2 Å². The van der Waals surface area contributed by atoms with Gasteiger partial charge < -0.3 is 11.1 Å². The average Bonchev–Trinajstić information content (AvgIpc) is 2.45. The molecule has 5 nitrogen and oxygen atoms in total. The number of anilines is 1. The maximum atomic E-state index is 11.9. The zero-order chi connectivity index (χ0) is 15.4. The van der Waals surface area contributed by atoms with Crippen molar-refractivity contribution >= 4 is 40.5 Å². The molecule has 4 N–H and O–H groups in total. The van der Waals surface area contributed by atoms with Gasteiger partial charge in [0.25, 0.3) is 5.91 Å². The summed E-state index contributed by atoms with van der Waals surface area (Å²) < 4.78 is 0. The second kappa shape index (κ2) is 6.56. The number of hydrogen-bond acceptors (Lipinski definition) is 4. The van der Waals surface area contributed by atoms with Crippen molar-refractivity contribution in [1.82, 2.24) is 10.3 Å². The smallest absolute Gasteiger partial charge is 0.270 e. The molecule has 0 unspecified atom stereocenters. The van der Waals surface area contributed by atoms with Crippen molar-refractivity contribution in [2.24, 2.45) is 0 Å². The lowest BCUT2D eigenvalue weighted by molar-refractivity contribution is -0.114. The molecule has 7 heteroatoms. The summed E-state index contributed by atoms with van der Waals surface area (Å²) in [5.74, 6) is -0.541. The van der Waals surface area contributed by atoms with E-state index in [1.165, 1.54) is 12.3 Å². The Kier molecular flexibility index (Phi) is 4.77. The Balaban J connectivity index is 2.02. The summed E-state index contributed by atoms with van der Waals surface area (Å²) in [4.78, 5) is 15.8. The number of nitrogen functional groups attached to an aromatic ring is 1. The standard InChI is InChI=1S/C14H12Cl2N4O/c15-9-3-1-8(2-4-9)6-20-14(21)13(18)10-7-19-12(16)5-11(10)17/h1-5,7,18H,6H2,(H2,17,19)(H,20,21). The zero-order valence-electron chi connectivity index (χ0n) is 10.9. The lowest BCUT2D eigenvalue weighted by Crippen LogP contribution is -2.31. The number of nitrogens with one attached hydrogen (secondary N) is 2. The van der Waals surface area contributed by atoms with Crippen LogP contribution in [0.2, 0.25) is 10.2 Å². The number of nitrogens with zero attached hydrogens (tertiary/aromatic N) is 1. The molecule has 0 saturated carbocycles. The number of carbonyl (C=O) groups is 1. The minimum absolute atomic E-state index is 0.214. The van der Waals surface area contributed by atoms with Gasteiger partial charge in [0.1, 0.15) is 10.9 Å². The van der Waals surface area contributed by atoms with E-state index in [1.54, 1.807) is 24.3 Å². The summed E-state index contributed by atoms with van der Waals surface area (Å²) in [6.07, 6.45) is 1.31. The quantitative estimate of drug-likeness (QED) is 0.596. The van der Waals surface area contributed by atoms with E-state index in [2.05, 4.69) is 10.3 Å². The molecule has 21 heavy (non-hydrogen) atoms. The molecule has 0 spiro atoms. The van der Waals surface area contributed by atoms with Crippen molar-refractivity contribution in [2.45, 2.75) is 6.54 Å². The zero-order valence-corrected chi connectivity index (χ0v) is 12.4. The van der Waals surface area contributed by atoms with Crippen LogP contribution in [0.4, 0.5) is 5.69 Å². The van der Waals surface area contributed by atoms with Crippen molar-refractivity contribution < 1.29 is 4.79 Å². The van der Waals surface area contributed by atoms with E-state index < -0.39 is 5.91 Å². The first kappa shape index (κ1) is 15.3. The Morgan fingerprint density at radius 2 is 1.95 bits per heavy atom. The van der Waals surface area contributed by atoms with Gasteiger partial charge in [0, 0.05) is 29.0 Å². The van der Waals surface area contributed by atoms with Crippen molar-refractivity contribution in [3.8, 4) is 0 Å². The molecular formula is C14H12Cl2N4O. The van der Waals surface area contributed by atoms with Crippen molar-refractivity contribution in [1.29, 1.82) is 5.41 Å². The molecule has 1 aromatic carbocycles. The second-order valence-corrected chi connectivity index (χ2v) is 5.10. The molecule has 108 valence electrons. The maximum Gasteiger partial charge on any atom is 0.270 e. The maximum absolute atomic E-state index is 11.9. The summed E-state index contributed by atoms with van der Waals surface area (Å²) in [7, 11) is 0. The van der Waals surface area contributed by atoms with E-state index in [-0.39, 0.29) is 22.1 Å². The highest BCUT2D eigenvalue weighted by atomic mass is 35.5. The molecule has 0 fully saturated rings. The van der Waals surface area contributed by atoms with E-state index >= 15 is 0 Å². The van der Waals surface area contributed by atoms with E-state index in [0.717, 1.165) is 5.56 Å². The van der Waals surface area contributed by atoms with Gasteiger partial charge in [-0.2, -0.15) is 0 Å². The number of amides is 1. The second-order valence-electron chi connectivity index (χ2n) is 4.28. The highest BCUT2D eigenvalue weighted by molar-refractivity contribution is 6.45. The molecule has 2 aromatic rings. The molecular weight excluding hydrogens is 311 g/mol. The Morgan fingerprint density at radius 3 is 2.57 bits per heavy atom. The van der Waals surface area contributed by atoms with Crippen molar-refractivity contribution in [3.05, 3.63) is 57.8 Å². The SMILES string of the molecule is N=C(C(=O)NCc1ccc(Cl)cc1)c1cnc(Cl)cc1N. The summed E-state index contributed by atoms with van der Waals surface area (Å²) in [6, 6.07) is 8.46. The number of benzene rings is 1. The molecule has 0 aliphatic heterocycles.